The normalized spacial score (nSPS) is 16.7. The number of aromatic amines is 1. The number of ether oxygens (including phenoxy) is 2. The van der Waals surface area contributed by atoms with Gasteiger partial charge in [-0.2, -0.15) is 0 Å². The molecule has 0 bridgehead atoms. The summed E-state index contributed by atoms with van der Waals surface area (Å²) in [5.74, 6) is 2.41. The molecule has 1 aromatic heterocycles. The van der Waals surface area contributed by atoms with Gasteiger partial charge in [0, 0.05) is 30.0 Å². The van der Waals surface area contributed by atoms with E-state index in [2.05, 4.69) is 27.4 Å². The number of hydrogen-bond donors (Lipinski definition) is 3. The number of nitrogens with zero attached hydrogens (tertiary/aromatic N) is 1. The molecule has 4 N–H and O–H groups in total. The molecule has 4 aromatic rings. The molecule has 1 aliphatic heterocycles. The van der Waals surface area contributed by atoms with E-state index in [1.165, 1.54) is 5.56 Å². The Morgan fingerprint density at radius 2 is 1.86 bits per heavy atom. The molecular weight excluding hydrogens is 440 g/mol. The summed E-state index contributed by atoms with van der Waals surface area (Å²) < 4.78 is 11.9. The van der Waals surface area contributed by atoms with Crippen molar-refractivity contribution in [3.63, 3.8) is 0 Å². The third kappa shape index (κ3) is 5.30. The number of nitrogens with one attached hydrogen (secondary N) is 2. The molecular formula is C28H30N4O3. The molecule has 2 heterocycles. The number of piperidine rings is 1. The number of rotatable bonds is 8. The molecule has 7 nitrogen and oxygen atoms in total. The number of methoxy groups -OCH3 is 1. The lowest BCUT2D eigenvalue weighted by molar-refractivity contribution is 0.100. The van der Waals surface area contributed by atoms with Crippen molar-refractivity contribution in [2.45, 2.75) is 25.4 Å². The summed E-state index contributed by atoms with van der Waals surface area (Å²) in [6.45, 7) is 2.03. The van der Waals surface area contributed by atoms with Crippen LogP contribution in [0.25, 0.3) is 22.4 Å². The van der Waals surface area contributed by atoms with Crippen LogP contribution in [-0.4, -0.2) is 42.2 Å². The van der Waals surface area contributed by atoms with Crippen LogP contribution in [0.15, 0.2) is 66.7 Å². The van der Waals surface area contributed by atoms with Crippen LogP contribution in [0.5, 0.6) is 11.5 Å². The number of carbonyl (C=O) groups excluding carboxylic acids is 1. The Labute approximate surface area is 204 Å². The van der Waals surface area contributed by atoms with E-state index in [0.29, 0.717) is 17.0 Å². The number of fused-ring (bicyclic) bond motifs is 1. The molecule has 0 spiro atoms. The second kappa shape index (κ2) is 10.2. The van der Waals surface area contributed by atoms with Crippen LogP contribution < -0.4 is 20.5 Å². The van der Waals surface area contributed by atoms with Gasteiger partial charge in [0.2, 0.25) is 5.91 Å². The summed E-state index contributed by atoms with van der Waals surface area (Å²) in [7, 11) is 1.68. The molecule has 2 atom stereocenters. The third-order valence-corrected chi connectivity index (χ3v) is 6.64. The number of benzene rings is 3. The summed E-state index contributed by atoms with van der Waals surface area (Å²) in [6.07, 6.45) is 3.22. The van der Waals surface area contributed by atoms with E-state index in [0.717, 1.165) is 60.8 Å². The van der Waals surface area contributed by atoms with Crippen molar-refractivity contribution < 1.29 is 14.3 Å². The monoisotopic (exact) mass is 470 g/mol. The molecule has 2 unspecified atom stereocenters. The average Bonchev–Trinajstić information content (AvgIpc) is 3.33. The number of imidazole rings is 1. The first kappa shape index (κ1) is 22.9. The summed E-state index contributed by atoms with van der Waals surface area (Å²) in [5.41, 5.74) is 9.58. The quantitative estimate of drug-likeness (QED) is 0.356. The highest BCUT2D eigenvalue weighted by atomic mass is 16.5. The molecule has 1 fully saturated rings. The summed E-state index contributed by atoms with van der Waals surface area (Å²) in [6, 6.07) is 21.5. The minimum Gasteiger partial charge on any atom is -0.497 e. The number of nitrogens with two attached hydrogens (primary N) is 1. The van der Waals surface area contributed by atoms with Gasteiger partial charge in [-0.3, -0.25) is 4.79 Å². The van der Waals surface area contributed by atoms with Gasteiger partial charge in [-0.05, 0) is 79.5 Å². The van der Waals surface area contributed by atoms with Crippen molar-refractivity contribution in [2.24, 2.45) is 11.7 Å². The van der Waals surface area contributed by atoms with Crippen LogP contribution in [-0.2, 0) is 6.42 Å². The van der Waals surface area contributed by atoms with Crippen LogP contribution in [0.2, 0.25) is 0 Å². The van der Waals surface area contributed by atoms with E-state index in [4.69, 9.17) is 15.2 Å². The van der Waals surface area contributed by atoms with Crippen LogP contribution in [0.4, 0.5) is 0 Å². The van der Waals surface area contributed by atoms with Gasteiger partial charge in [-0.15, -0.1) is 0 Å². The third-order valence-electron chi connectivity index (χ3n) is 6.64. The minimum atomic E-state index is -0.463. The van der Waals surface area contributed by atoms with E-state index in [1.54, 1.807) is 19.2 Å². The Hall–Kier alpha value is -3.84. The summed E-state index contributed by atoms with van der Waals surface area (Å²) in [4.78, 5) is 19.4. The Kier molecular flexibility index (Phi) is 6.68. The van der Waals surface area contributed by atoms with Crippen molar-refractivity contribution in [1.82, 2.24) is 15.3 Å². The van der Waals surface area contributed by atoms with E-state index in [1.807, 2.05) is 42.5 Å². The molecule has 1 saturated heterocycles. The first-order chi connectivity index (χ1) is 17.1. The minimum absolute atomic E-state index is 0.0699. The SMILES string of the molecule is COc1ccc(CC(Oc2ccc(-c3nc4cc(C(N)=O)ccc4[nH]3)cc2)C2CCCNC2)cc1. The first-order valence-corrected chi connectivity index (χ1v) is 12.0. The smallest absolute Gasteiger partial charge is 0.248 e. The van der Waals surface area contributed by atoms with Crippen LogP contribution in [0, 0.1) is 5.92 Å². The molecule has 5 rings (SSSR count). The molecule has 180 valence electrons. The van der Waals surface area contributed by atoms with E-state index < -0.39 is 5.91 Å². The lowest BCUT2D eigenvalue weighted by atomic mass is 9.89. The topological polar surface area (TPSA) is 102 Å². The van der Waals surface area contributed by atoms with Gasteiger partial charge in [-0.1, -0.05) is 12.1 Å². The standard InChI is InChI=1S/C28H30N4O3/c1-34-22-9-4-18(5-10-22)15-26(21-3-2-14-30-17-21)35-23-11-6-19(7-12-23)28-31-24-13-8-20(27(29)33)16-25(24)32-28/h4-13,16,21,26,30H,2-3,14-15,17H2,1H3,(H2,29,33)(H,31,32). The maximum Gasteiger partial charge on any atom is 0.248 e. The van der Waals surface area contributed by atoms with Gasteiger partial charge in [-0.25, -0.2) is 4.98 Å². The van der Waals surface area contributed by atoms with Crippen LogP contribution in [0.1, 0.15) is 28.8 Å². The van der Waals surface area contributed by atoms with Crippen LogP contribution in [0.3, 0.4) is 0 Å². The predicted molar refractivity (Wildman–Crippen MR) is 137 cm³/mol. The highest BCUT2D eigenvalue weighted by Gasteiger charge is 2.26. The maximum absolute atomic E-state index is 11.5. The molecule has 1 aliphatic rings. The lowest BCUT2D eigenvalue weighted by Gasteiger charge is -2.31. The van der Waals surface area contributed by atoms with E-state index in [-0.39, 0.29) is 6.10 Å². The van der Waals surface area contributed by atoms with Gasteiger partial charge in [0.15, 0.2) is 0 Å². The summed E-state index contributed by atoms with van der Waals surface area (Å²) in [5, 5.41) is 3.52. The largest absolute Gasteiger partial charge is 0.497 e. The Bertz CT molecular complexity index is 1290. The molecule has 0 saturated carbocycles. The molecule has 0 radical (unpaired) electrons. The number of primary amides is 1. The zero-order valence-corrected chi connectivity index (χ0v) is 19.8. The predicted octanol–water partition coefficient (Wildman–Crippen LogP) is 4.33. The first-order valence-electron chi connectivity index (χ1n) is 12.0. The van der Waals surface area contributed by atoms with Crippen molar-refractivity contribution in [3.05, 3.63) is 77.9 Å². The highest BCUT2D eigenvalue weighted by Crippen LogP contribution is 2.27. The molecule has 7 heteroatoms. The molecule has 0 aliphatic carbocycles. The second-order valence-corrected chi connectivity index (χ2v) is 9.02. The fourth-order valence-electron chi connectivity index (χ4n) is 4.66. The van der Waals surface area contributed by atoms with Crippen molar-refractivity contribution in [3.8, 4) is 22.9 Å². The lowest BCUT2D eigenvalue weighted by Crippen LogP contribution is -2.40. The van der Waals surface area contributed by atoms with Gasteiger partial charge in [0.25, 0.3) is 0 Å². The highest BCUT2D eigenvalue weighted by molar-refractivity contribution is 5.96. The van der Waals surface area contributed by atoms with E-state index >= 15 is 0 Å². The Morgan fingerprint density at radius 1 is 1.09 bits per heavy atom. The van der Waals surface area contributed by atoms with Gasteiger partial charge in [0.05, 0.1) is 18.1 Å². The number of H-pyrrole nitrogens is 1. The van der Waals surface area contributed by atoms with E-state index in [9.17, 15) is 4.79 Å². The molecule has 3 aromatic carbocycles. The van der Waals surface area contributed by atoms with Crippen LogP contribution >= 0.6 is 0 Å². The Balaban J connectivity index is 1.34. The number of aromatic nitrogens is 2. The summed E-state index contributed by atoms with van der Waals surface area (Å²) >= 11 is 0. The number of carbonyl (C=O) groups is 1. The second-order valence-electron chi connectivity index (χ2n) is 9.02. The fourth-order valence-corrected chi connectivity index (χ4v) is 4.66. The van der Waals surface area contributed by atoms with Gasteiger partial charge >= 0.3 is 0 Å². The van der Waals surface area contributed by atoms with Crippen molar-refractivity contribution in [1.29, 1.82) is 0 Å². The van der Waals surface area contributed by atoms with Gasteiger partial charge in [0.1, 0.15) is 23.4 Å². The van der Waals surface area contributed by atoms with Crippen molar-refractivity contribution >= 4 is 16.9 Å². The zero-order valence-electron chi connectivity index (χ0n) is 19.8. The fraction of sp³-hybridized carbons (Fsp3) is 0.286. The maximum atomic E-state index is 11.5. The Morgan fingerprint density at radius 3 is 2.54 bits per heavy atom. The number of amides is 1. The number of hydrogen-bond acceptors (Lipinski definition) is 5. The van der Waals surface area contributed by atoms with Crippen molar-refractivity contribution in [2.75, 3.05) is 20.2 Å². The molecule has 1 amide bonds. The molecule has 35 heavy (non-hydrogen) atoms. The van der Waals surface area contributed by atoms with Gasteiger partial charge < -0.3 is 25.5 Å². The zero-order chi connectivity index (χ0) is 24.2. The average molecular weight is 471 g/mol.